The third-order valence-electron chi connectivity index (χ3n) is 7.12. The van der Waals surface area contributed by atoms with Crippen LogP contribution in [-0.2, 0) is 9.59 Å². The number of imide groups is 1. The minimum Gasteiger partial charge on any atom is -0.369 e. The molecule has 1 spiro atoms. The molecule has 1 aliphatic carbocycles. The van der Waals surface area contributed by atoms with E-state index in [0.717, 1.165) is 56.0 Å². The van der Waals surface area contributed by atoms with Gasteiger partial charge < -0.3 is 15.5 Å². The van der Waals surface area contributed by atoms with Gasteiger partial charge in [-0.1, -0.05) is 19.8 Å². The Morgan fingerprint density at radius 3 is 2.56 bits per heavy atom. The fourth-order valence-electron chi connectivity index (χ4n) is 5.07. The summed E-state index contributed by atoms with van der Waals surface area (Å²) in [6.07, 6.45) is 3.51. The molecule has 32 heavy (non-hydrogen) atoms. The van der Waals surface area contributed by atoms with Crippen LogP contribution >= 0.6 is 0 Å². The number of carbonyl (C=O) groups is 3. The van der Waals surface area contributed by atoms with E-state index in [1.165, 1.54) is 12.1 Å². The maximum Gasteiger partial charge on any atom is 0.325 e. The normalized spacial score (nSPS) is 26.5. The molecule has 0 aromatic heterocycles. The predicted octanol–water partition coefficient (Wildman–Crippen LogP) is 1.56. The van der Waals surface area contributed by atoms with Crippen molar-refractivity contribution in [2.24, 2.45) is 5.92 Å². The number of nitrogens with one attached hydrogen (secondary N) is 2. The van der Waals surface area contributed by atoms with Gasteiger partial charge >= 0.3 is 6.03 Å². The van der Waals surface area contributed by atoms with E-state index in [-0.39, 0.29) is 30.1 Å². The van der Waals surface area contributed by atoms with E-state index in [1.807, 2.05) is 6.92 Å². The van der Waals surface area contributed by atoms with Gasteiger partial charge in [-0.25, -0.2) is 9.18 Å². The first-order chi connectivity index (χ1) is 15.4. The van der Waals surface area contributed by atoms with Crippen molar-refractivity contribution in [3.63, 3.8) is 0 Å². The van der Waals surface area contributed by atoms with Gasteiger partial charge in [-0.15, -0.1) is 0 Å². The molecule has 9 heteroatoms. The maximum atomic E-state index is 13.1. The minimum absolute atomic E-state index is 0.0781. The van der Waals surface area contributed by atoms with E-state index in [9.17, 15) is 18.8 Å². The number of piperazine rings is 1. The second kappa shape index (κ2) is 9.44. The first-order valence-electron chi connectivity index (χ1n) is 11.5. The summed E-state index contributed by atoms with van der Waals surface area (Å²) in [4.78, 5) is 43.3. The number of benzene rings is 1. The topological polar surface area (TPSA) is 85.0 Å². The fourth-order valence-corrected chi connectivity index (χ4v) is 5.07. The van der Waals surface area contributed by atoms with Crippen molar-refractivity contribution in [1.29, 1.82) is 0 Å². The lowest BCUT2D eigenvalue weighted by Crippen LogP contribution is -2.54. The van der Waals surface area contributed by atoms with Crippen LogP contribution < -0.4 is 15.5 Å². The molecule has 2 N–H and O–H groups in total. The van der Waals surface area contributed by atoms with Crippen LogP contribution in [-0.4, -0.2) is 79.0 Å². The van der Waals surface area contributed by atoms with Crippen molar-refractivity contribution in [3.8, 4) is 0 Å². The molecule has 2 atom stereocenters. The van der Waals surface area contributed by atoms with Crippen molar-refractivity contribution >= 4 is 23.5 Å². The Kier molecular flexibility index (Phi) is 6.64. The molecule has 1 saturated carbocycles. The van der Waals surface area contributed by atoms with E-state index in [4.69, 9.17) is 0 Å². The van der Waals surface area contributed by atoms with Crippen LogP contribution in [0.25, 0.3) is 0 Å². The first-order valence-corrected chi connectivity index (χ1v) is 11.5. The molecule has 1 aromatic rings. The lowest BCUT2D eigenvalue weighted by atomic mass is 9.73. The van der Waals surface area contributed by atoms with Crippen molar-refractivity contribution in [1.82, 2.24) is 20.4 Å². The van der Waals surface area contributed by atoms with Gasteiger partial charge in [0, 0.05) is 45.0 Å². The van der Waals surface area contributed by atoms with Gasteiger partial charge in [-0.3, -0.25) is 19.4 Å². The number of hydrogen-bond donors (Lipinski definition) is 2. The Balaban J connectivity index is 1.19. The van der Waals surface area contributed by atoms with Crippen LogP contribution in [0.3, 0.4) is 0 Å². The quantitative estimate of drug-likeness (QED) is 0.650. The van der Waals surface area contributed by atoms with Crippen molar-refractivity contribution in [3.05, 3.63) is 30.1 Å². The maximum absolute atomic E-state index is 13.1. The zero-order valence-corrected chi connectivity index (χ0v) is 18.6. The molecule has 0 radical (unpaired) electrons. The molecule has 0 bridgehead atoms. The molecule has 4 amide bonds. The molecular formula is C23H32FN5O3. The monoisotopic (exact) mass is 445 g/mol. The van der Waals surface area contributed by atoms with E-state index in [1.54, 1.807) is 12.1 Å². The highest BCUT2D eigenvalue weighted by atomic mass is 19.1. The number of nitrogens with zero attached hydrogens (tertiary/aromatic N) is 3. The van der Waals surface area contributed by atoms with Gasteiger partial charge in [0.2, 0.25) is 5.91 Å². The Hall–Kier alpha value is -2.68. The summed E-state index contributed by atoms with van der Waals surface area (Å²) >= 11 is 0. The fraction of sp³-hybridized carbons (Fsp3) is 0.609. The Bertz CT molecular complexity index is 856. The second-order valence-electron chi connectivity index (χ2n) is 9.09. The van der Waals surface area contributed by atoms with Gasteiger partial charge in [-0.2, -0.15) is 0 Å². The largest absolute Gasteiger partial charge is 0.369 e. The summed E-state index contributed by atoms with van der Waals surface area (Å²) in [5, 5.41) is 5.72. The number of amides is 4. The van der Waals surface area contributed by atoms with Crippen LogP contribution in [0.4, 0.5) is 14.9 Å². The first kappa shape index (κ1) is 22.5. The SMILES string of the molecule is CC1CCCCC12NC(=O)N(CC(=O)NCCN1CCN(c3ccc(F)cc3)CC1)C2=O. The number of carbonyl (C=O) groups excluding carboxylic acids is 3. The molecule has 4 rings (SSSR count). The highest BCUT2D eigenvalue weighted by molar-refractivity contribution is 6.09. The molecule has 174 valence electrons. The number of hydrogen-bond acceptors (Lipinski definition) is 5. The molecule has 3 aliphatic rings. The van der Waals surface area contributed by atoms with Crippen molar-refractivity contribution < 1.29 is 18.8 Å². The van der Waals surface area contributed by atoms with Crippen molar-refractivity contribution in [2.45, 2.75) is 38.1 Å². The van der Waals surface area contributed by atoms with E-state index < -0.39 is 11.6 Å². The minimum atomic E-state index is -0.834. The molecule has 2 aliphatic heterocycles. The molecule has 3 fully saturated rings. The summed E-state index contributed by atoms with van der Waals surface area (Å²) in [5.41, 5.74) is 0.178. The third-order valence-corrected chi connectivity index (χ3v) is 7.12. The van der Waals surface area contributed by atoms with Crippen molar-refractivity contribution in [2.75, 3.05) is 50.7 Å². The van der Waals surface area contributed by atoms with Crippen LogP contribution in [0.1, 0.15) is 32.6 Å². The number of urea groups is 1. The second-order valence-corrected chi connectivity index (χ2v) is 9.09. The van der Waals surface area contributed by atoms with Gasteiger partial charge in [0.25, 0.3) is 5.91 Å². The Labute approximate surface area is 188 Å². The highest BCUT2D eigenvalue weighted by Crippen LogP contribution is 2.38. The third kappa shape index (κ3) is 4.57. The molecule has 2 unspecified atom stereocenters. The van der Waals surface area contributed by atoms with E-state index >= 15 is 0 Å². The van der Waals surface area contributed by atoms with E-state index in [0.29, 0.717) is 19.5 Å². The van der Waals surface area contributed by atoms with Crippen LogP contribution in [0.2, 0.25) is 0 Å². The molecular weight excluding hydrogens is 413 g/mol. The Morgan fingerprint density at radius 1 is 1.16 bits per heavy atom. The zero-order chi connectivity index (χ0) is 22.7. The predicted molar refractivity (Wildman–Crippen MR) is 119 cm³/mol. The average molecular weight is 446 g/mol. The van der Waals surface area contributed by atoms with Crippen LogP contribution in [0.15, 0.2) is 24.3 Å². The summed E-state index contributed by atoms with van der Waals surface area (Å²) in [6.45, 7) is 6.28. The standard InChI is InChI=1S/C23H32FN5O3/c1-17-4-2-3-9-23(17)21(31)29(22(32)26-23)16-20(30)25-10-11-27-12-14-28(15-13-27)19-7-5-18(24)6-8-19/h5-8,17H,2-4,9-16H2,1H3,(H,25,30)(H,26,32). The van der Waals surface area contributed by atoms with Crippen LogP contribution in [0, 0.1) is 11.7 Å². The van der Waals surface area contributed by atoms with Gasteiger partial charge in [0.1, 0.15) is 17.9 Å². The van der Waals surface area contributed by atoms with Gasteiger partial charge in [0.05, 0.1) is 0 Å². The lowest BCUT2D eigenvalue weighted by Gasteiger charge is -2.36. The zero-order valence-electron chi connectivity index (χ0n) is 18.6. The molecule has 1 aromatic carbocycles. The highest BCUT2D eigenvalue weighted by Gasteiger charge is 2.55. The molecule has 8 nitrogen and oxygen atoms in total. The number of halogens is 1. The summed E-state index contributed by atoms with van der Waals surface area (Å²) in [7, 11) is 0. The lowest BCUT2D eigenvalue weighted by molar-refractivity contribution is -0.137. The molecule has 2 saturated heterocycles. The summed E-state index contributed by atoms with van der Waals surface area (Å²) in [6, 6.07) is 6.06. The summed E-state index contributed by atoms with van der Waals surface area (Å²) < 4.78 is 13.1. The number of rotatable bonds is 6. The van der Waals surface area contributed by atoms with Gasteiger partial charge in [0.15, 0.2) is 0 Å². The van der Waals surface area contributed by atoms with E-state index in [2.05, 4.69) is 20.4 Å². The van der Waals surface area contributed by atoms with Crippen LogP contribution in [0.5, 0.6) is 0 Å². The average Bonchev–Trinajstić information content (AvgIpc) is 3.02. The Morgan fingerprint density at radius 2 is 1.88 bits per heavy atom. The summed E-state index contributed by atoms with van der Waals surface area (Å²) in [5.74, 6) is -0.741. The smallest absolute Gasteiger partial charge is 0.325 e. The molecule has 2 heterocycles. The van der Waals surface area contributed by atoms with Gasteiger partial charge in [-0.05, 0) is 43.0 Å². The number of anilines is 1.